The average Bonchev–Trinajstić information content (AvgIpc) is 3.34. The summed E-state index contributed by atoms with van der Waals surface area (Å²) < 4.78 is 19.5. The number of hydrogen-bond acceptors (Lipinski definition) is 8. The van der Waals surface area contributed by atoms with E-state index in [0.29, 0.717) is 18.1 Å². The molecule has 234 valence electrons. The van der Waals surface area contributed by atoms with Crippen molar-refractivity contribution in [2.45, 2.75) is 91.7 Å². The van der Waals surface area contributed by atoms with Crippen LogP contribution in [0.3, 0.4) is 0 Å². The Bertz CT molecular complexity index is 1600. The van der Waals surface area contributed by atoms with Gasteiger partial charge in [-0.1, -0.05) is 6.07 Å². The molecule has 0 aliphatic carbocycles. The van der Waals surface area contributed by atoms with Gasteiger partial charge in [-0.25, -0.2) is 19.4 Å². The Morgan fingerprint density at radius 2 is 1.93 bits per heavy atom. The molecule has 5 rings (SSSR count). The van der Waals surface area contributed by atoms with E-state index >= 15 is 0 Å². The lowest BCUT2D eigenvalue weighted by atomic mass is 10.1. The number of fused-ring (bicyclic) bond motifs is 1. The maximum atomic E-state index is 12.1. The molecule has 4 aromatic rings. The van der Waals surface area contributed by atoms with Gasteiger partial charge in [0.2, 0.25) is 0 Å². The van der Waals surface area contributed by atoms with Gasteiger partial charge in [-0.15, -0.1) is 0 Å². The topological polar surface area (TPSA) is 112 Å². The van der Waals surface area contributed by atoms with Crippen molar-refractivity contribution in [1.82, 2.24) is 25.1 Å². The molecular weight excluding hydrogens is 556 g/mol. The van der Waals surface area contributed by atoms with Gasteiger partial charge in [-0.2, -0.15) is 5.10 Å². The molecule has 1 amide bonds. The Hall–Kier alpha value is -4.18. The van der Waals surface area contributed by atoms with Crippen LogP contribution in [0.15, 0.2) is 48.7 Å². The van der Waals surface area contributed by atoms with E-state index in [1.165, 1.54) is 0 Å². The summed E-state index contributed by atoms with van der Waals surface area (Å²) in [5.74, 6) is 1.33. The zero-order valence-electron chi connectivity index (χ0n) is 26.8. The monoisotopic (exact) mass is 600 g/mol. The van der Waals surface area contributed by atoms with Gasteiger partial charge < -0.3 is 24.8 Å². The molecule has 10 nitrogen and oxygen atoms in total. The summed E-state index contributed by atoms with van der Waals surface area (Å²) in [6.45, 7) is 14.8. The molecule has 1 fully saturated rings. The van der Waals surface area contributed by atoms with Gasteiger partial charge in [0, 0.05) is 42.0 Å². The van der Waals surface area contributed by atoms with E-state index in [9.17, 15) is 4.79 Å². The minimum absolute atomic E-state index is 0.0531. The molecule has 10 heteroatoms. The summed E-state index contributed by atoms with van der Waals surface area (Å²) >= 11 is 0. The predicted molar refractivity (Wildman–Crippen MR) is 173 cm³/mol. The summed E-state index contributed by atoms with van der Waals surface area (Å²) in [6.07, 6.45) is 4.37. The number of aromatic nitrogens is 4. The van der Waals surface area contributed by atoms with Crippen molar-refractivity contribution in [2.24, 2.45) is 0 Å². The first-order chi connectivity index (χ1) is 21.0. The van der Waals surface area contributed by atoms with E-state index in [0.717, 1.165) is 65.0 Å². The third kappa shape index (κ3) is 7.66. The Labute approximate surface area is 259 Å². The Balaban J connectivity index is 1.38. The summed E-state index contributed by atoms with van der Waals surface area (Å²) in [4.78, 5) is 21.7. The van der Waals surface area contributed by atoms with Gasteiger partial charge in [0.25, 0.3) is 0 Å². The van der Waals surface area contributed by atoms with Crippen LogP contribution in [0.2, 0.25) is 0 Å². The first-order valence-electron chi connectivity index (χ1n) is 15.4. The molecule has 1 aliphatic rings. The Morgan fingerprint density at radius 3 is 2.64 bits per heavy atom. The molecule has 2 N–H and O–H groups in total. The molecule has 2 atom stereocenters. The quantitative estimate of drug-likeness (QED) is 0.206. The lowest BCUT2D eigenvalue weighted by Crippen LogP contribution is -2.40. The van der Waals surface area contributed by atoms with Crippen molar-refractivity contribution in [1.29, 1.82) is 0 Å². The third-order valence-electron chi connectivity index (χ3n) is 7.23. The minimum Gasteiger partial charge on any atom is -0.491 e. The van der Waals surface area contributed by atoms with Crippen LogP contribution in [0.4, 0.5) is 10.5 Å². The molecule has 2 unspecified atom stereocenters. The SMILES string of the molecule is Cc1cc(-c2ccnc(-c3nn(C4CCCCO4)c4ccc(OC(C)C)cc34)n2)ccc1NCC(C)NC(=O)OC(C)(C)C. The van der Waals surface area contributed by atoms with E-state index in [1.54, 1.807) is 6.20 Å². The molecule has 0 radical (unpaired) electrons. The van der Waals surface area contributed by atoms with Gasteiger partial charge in [0.1, 0.15) is 17.0 Å². The minimum atomic E-state index is -0.535. The van der Waals surface area contributed by atoms with Crippen LogP contribution in [0.25, 0.3) is 33.7 Å². The van der Waals surface area contributed by atoms with Gasteiger partial charge in [-0.3, -0.25) is 0 Å². The van der Waals surface area contributed by atoms with Crippen LogP contribution in [-0.4, -0.2) is 56.7 Å². The van der Waals surface area contributed by atoms with Crippen LogP contribution in [0.1, 0.15) is 72.6 Å². The fraction of sp³-hybridized carbons (Fsp3) is 0.471. The van der Waals surface area contributed by atoms with Gasteiger partial charge in [0.05, 0.1) is 17.3 Å². The van der Waals surface area contributed by atoms with E-state index in [4.69, 9.17) is 24.3 Å². The van der Waals surface area contributed by atoms with Gasteiger partial charge >= 0.3 is 6.09 Å². The van der Waals surface area contributed by atoms with Crippen molar-refractivity contribution < 1.29 is 19.0 Å². The van der Waals surface area contributed by atoms with Crippen molar-refractivity contribution >= 4 is 22.7 Å². The number of carbonyl (C=O) groups excluding carboxylic acids is 1. The Kier molecular flexibility index (Phi) is 9.39. The highest BCUT2D eigenvalue weighted by Gasteiger charge is 2.24. The number of carbonyl (C=O) groups is 1. The molecule has 0 spiro atoms. The van der Waals surface area contributed by atoms with Crippen LogP contribution < -0.4 is 15.4 Å². The maximum absolute atomic E-state index is 12.1. The first kappa shape index (κ1) is 31.3. The Morgan fingerprint density at radius 1 is 1.11 bits per heavy atom. The standard InChI is InChI=1S/C34H44N6O4/c1-21(2)43-25-12-14-29-26(19-25)31(39-40(29)30-10-8-9-17-42-30)32-35-16-15-28(38-32)24-11-13-27(22(3)18-24)36-20-23(4)37-33(41)44-34(5,6)7/h11-16,18-19,21,23,30,36H,8-10,17,20H2,1-7H3,(H,37,41). The number of hydrogen-bond donors (Lipinski definition) is 2. The number of aryl methyl sites for hydroxylation is 1. The zero-order chi connectivity index (χ0) is 31.4. The summed E-state index contributed by atoms with van der Waals surface area (Å²) in [5, 5.41) is 12.2. The second kappa shape index (κ2) is 13.2. The molecule has 2 aromatic carbocycles. The van der Waals surface area contributed by atoms with Crippen molar-refractivity contribution in [3.05, 3.63) is 54.2 Å². The molecular formula is C34H44N6O4. The highest BCUT2D eigenvalue weighted by molar-refractivity contribution is 5.93. The van der Waals surface area contributed by atoms with Crippen LogP contribution in [-0.2, 0) is 9.47 Å². The maximum Gasteiger partial charge on any atom is 0.407 e. The highest BCUT2D eigenvalue weighted by Crippen LogP contribution is 2.34. The van der Waals surface area contributed by atoms with Crippen molar-refractivity contribution in [3.8, 4) is 28.5 Å². The van der Waals surface area contributed by atoms with Crippen molar-refractivity contribution in [3.63, 3.8) is 0 Å². The number of alkyl carbamates (subject to hydrolysis) is 1. The summed E-state index contributed by atoms with van der Waals surface area (Å²) in [6, 6.07) is 14.0. The normalized spacial score (nSPS) is 16.1. The second-order valence-corrected chi connectivity index (χ2v) is 12.7. The van der Waals surface area contributed by atoms with Crippen molar-refractivity contribution in [2.75, 3.05) is 18.5 Å². The fourth-order valence-corrected chi connectivity index (χ4v) is 5.24. The molecule has 3 heterocycles. The summed E-state index contributed by atoms with van der Waals surface area (Å²) in [7, 11) is 0. The average molecular weight is 601 g/mol. The fourth-order valence-electron chi connectivity index (χ4n) is 5.24. The van der Waals surface area contributed by atoms with Gasteiger partial charge in [-0.05, 0) is 110 Å². The molecule has 0 saturated carbocycles. The lowest BCUT2D eigenvalue weighted by Gasteiger charge is -2.23. The third-order valence-corrected chi connectivity index (χ3v) is 7.23. The lowest BCUT2D eigenvalue weighted by molar-refractivity contribution is -0.0365. The molecule has 44 heavy (non-hydrogen) atoms. The zero-order valence-corrected chi connectivity index (χ0v) is 26.8. The molecule has 2 aromatic heterocycles. The largest absolute Gasteiger partial charge is 0.491 e. The van der Waals surface area contributed by atoms with E-state index in [-0.39, 0.29) is 18.4 Å². The van der Waals surface area contributed by atoms with E-state index < -0.39 is 11.7 Å². The number of nitrogens with one attached hydrogen (secondary N) is 2. The second-order valence-electron chi connectivity index (χ2n) is 12.7. The molecule has 1 saturated heterocycles. The first-order valence-corrected chi connectivity index (χ1v) is 15.4. The van der Waals surface area contributed by atoms with Gasteiger partial charge in [0.15, 0.2) is 12.1 Å². The number of ether oxygens (including phenoxy) is 3. The number of nitrogens with zero attached hydrogens (tertiary/aromatic N) is 4. The number of anilines is 1. The highest BCUT2D eigenvalue weighted by atomic mass is 16.6. The molecule has 1 aliphatic heterocycles. The summed E-state index contributed by atoms with van der Waals surface area (Å²) in [5.41, 5.74) is 4.95. The van der Waals surface area contributed by atoms with Crippen LogP contribution in [0.5, 0.6) is 5.75 Å². The van der Waals surface area contributed by atoms with E-state index in [1.807, 2.05) is 82.6 Å². The van der Waals surface area contributed by atoms with E-state index in [2.05, 4.69) is 28.6 Å². The smallest absolute Gasteiger partial charge is 0.407 e. The number of benzene rings is 2. The number of amides is 1. The predicted octanol–water partition coefficient (Wildman–Crippen LogP) is 7.28. The molecule has 0 bridgehead atoms. The van der Waals surface area contributed by atoms with Crippen LogP contribution in [0, 0.1) is 6.92 Å². The van der Waals surface area contributed by atoms with Crippen LogP contribution >= 0.6 is 0 Å². The number of rotatable bonds is 9.